The summed E-state index contributed by atoms with van der Waals surface area (Å²) in [5.74, 6) is -0.424. The van der Waals surface area contributed by atoms with Crippen molar-refractivity contribution >= 4 is 17.9 Å². The van der Waals surface area contributed by atoms with Crippen molar-refractivity contribution in [3.63, 3.8) is 0 Å². The van der Waals surface area contributed by atoms with Gasteiger partial charge >= 0.3 is 6.18 Å². The van der Waals surface area contributed by atoms with E-state index in [-0.39, 0.29) is 17.3 Å². The molecule has 0 spiro atoms. The molecule has 2 aromatic carbocycles. The Morgan fingerprint density at radius 3 is 2.36 bits per heavy atom. The number of halogens is 3. The van der Waals surface area contributed by atoms with Gasteiger partial charge in [0.05, 0.1) is 18.4 Å². The number of carbonyl (C=O) groups is 1. The monoisotopic (exact) mass is 503 g/mol. The zero-order chi connectivity index (χ0) is 26.5. The normalized spacial score (nSPS) is 11.6. The predicted octanol–water partition coefficient (Wildman–Crippen LogP) is 4.98. The van der Waals surface area contributed by atoms with Crippen molar-refractivity contribution in [2.24, 2.45) is 0 Å². The SMILES string of the molecule is COc1cc(CN(C)C)ccc1Nc1ncc(C(F)(F)F)c(Oc2cccc(CN(C)C)c2C=O)n1. The lowest BCUT2D eigenvalue weighted by Gasteiger charge is -2.18. The number of rotatable bonds is 10. The molecule has 0 saturated carbocycles. The highest BCUT2D eigenvalue weighted by molar-refractivity contribution is 5.82. The molecular formula is C25H28F3N5O3. The van der Waals surface area contributed by atoms with Gasteiger partial charge in [0.1, 0.15) is 17.1 Å². The van der Waals surface area contributed by atoms with Crippen LogP contribution in [0.2, 0.25) is 0 Å². The zero-order valence-corrected chi connectivity index (χ0v) is 20.7. The quantitative estimate of drug-likeness (QED) is 0.389. The maximum absolute atomic E-state index is 13.7. The molecule has 0 radical (unpaired) electrons. The summed E-state index contributed by atoms with van der Waals surface area (Å²) in [5.41, 5.74) is 1.03. The van der Waals surface area contributed by atoms with Crippen LogP contribution in [-0.4, -0.2) is 61.4 Å². The van der Waals surface area contributed by atoms with E-state index in [0.717, 1.165) is 5.56 Å². The summed E-state index contributed by atoms with van der Waals surface area (Å²) in [5, 5.41) is 2.89. The molecule has 0 aliphatic carbocycles. The van der Waals surface area contributed by atoms with Crippen LogP contribution in [0.15, 0.2) is 42.6 Å². The molecule has 36 heavy (non-hydrogen) atoms. The van der Waals surface area contributed by atoms with Gasteiger partial charge in [-0.2, -0.15) is 18.2 Å². The third-order valence-electron chi connectivity index (χ3n) is 5.04. The van der Waals surface area contributed by atoms with Crippen LogP contribution in [0.25, 0.3) is 0 Å². The van der Waals surface area contributed by atoms with Crippen molar-refractivity contribution in [2.45, 2.75) is 19.3 Å². The van der Waals surface area contributed by atoms with Gasteiger partial charge in [0.2, 0.25) is 11.8 Å². The van der Waals surface area contributed by atoms with Gasteiger partial charge in [0, 0.05) is 19.3 Å². The van der Waals surface area contributed by atoms with E-state index < -0.39 is 17.6 Å². The average molecular weight is 504 g/mol. The molecule has 1 aromatic heterocycles. The van der Waals surface area contributed by atoms with Gasteiger partial charge in [-0.3, -0.25) is 4.79 Å². The number of methoxy groups -OCH3 is 1. The lowest BCUT2D eigenvalue weighted by atomic mass is 10.1. The molecule has 0 amide bonds. The molecule has 3 aromatic rings. The number of aromatic nitrogens is 2. The number of benzene rings is 2. The molecule has 0 fully saturated rings. The van der Waals surface area contributed by atoms with Crippen LogP contribution in [0.3, 0.4) is 0 Å². The summed E-state index contributed by atoms with van der Waals surface area (Å²) < 4.78 is 52.2. The van der Waals surface area contributed by atoms with Crippen molar-refractivity contribution in [1.29, 1.82) is 0 Å². The molecule has 8 nitrogen and oxygen atoms in total. The molecular weight excluding hydrogens is 475 g/mol. The summed E-state index contributed by atoms with van der Waals surface area (Å²) in [7, 11) is 8.98. The second kappa shape index (κ2) is 11.4. The number of carbonyl (C=O) groups excluding carboxylic acids is 1. The predicted molar refractivity (Wildman–Crippen MR) is 130 cm³/mol. The van der Waals surface area contributed by atoms with Gasteiger partial charge in [0.15, 0.2) is 6.29 Å². The first-order valence-electron chi connectivity index (χ1n) is 10.9. The van der Waals surface area contributed by atoms with Gasteiger partial charge in [-0.1, -0.05) is 18.2 Å². The maximum atomic E-state index is 13.7. The van der Waals surface area contributed by atoms with Crippen molar-refractivity contribution in [2.75, 3.05) is 40.6 Å². The average Bonchev–Trinajstić information content (AvgIpc) is 2.79. The van der Waals surface area contributed by atoms with Crippen LogP contribution in [0, 0.1) is 0 Å². The molecule has 0 unspecified atom stereocenters. The van der Waals surface area contributed by atoms with E-state index in [4.69, 9.17) is 9.47 Å². The number of nitrogens with zero attached hydrogens (tertiary/aromatic N) is 4. The molecule has 0 aliphatic heterocycles. The summed E-state index contributed by atoms with van der Waals surface area (Å²) in [6.45, 7) is 1.08. The number of aldehydes is 1. The van der Waals surface area contributed by atoms with Gasteiger partial charge < -0.3 is 24.6 Å². The van der Waals surface area contributed by atoms with Crippen LogP contribution in [0.5, 0.6) is 17.4 Å². The zero-order valence-electron chi connectivity index (χ0n) is 20.7. The minimum atomic E-state index is -4.78. The summed E-state index contributed by atoms with van der Waals surface area (Å²) in [6.07, 6.45) is -3.58. The lowest BCUT2D eigenvalue weighted by Crippen LogP contribution is -2.14. The van der Waals surface area contributed by atoms with E-state index >= 15 is 0 Å². The van der Waals surface area contributed by atoms with Gasteiger partial charge in [-0.25, -0.2) is 4.98 Å². The van der Waals surface area contributed by atoms with Gasteiger partial charge in [-0.15, -0.1) is 0 Å². The van der Waals surface area contributed by atoms with E-state index in [1.165, 1.54) is 13.2 Å². The molecule has 0 saturated heterocycles. The fourth-order valence-electron chi connectivity index (χ4n) is 3.52. The summed E-state index contributed by atoms with van der Waals surface area (Å²) in [6, 6.07) is 10.1. The number of ether oxygens (including phenoxy) is 2. The Labute approximate surface area is 207 Å². The number of nitrogens with one attached hydrogen (secondary N) is 1. The Morgan fingerprint density at radius 1 is 1.03 bits per heavy atom. The Morgan fingerprint density at radius 2 is 1.75 bits per heavy atom. The molecule has 1 heterocycles. The first kappa shape index (κ1) is 26.9. The number of alkyl halides is 3. The standard InChI is InChI=1S/C25H28F3N5O3/c1-32(2)13-16-9-10-20(22(11-16)35-5)30-24-29-12-19(25(26,27)28)23(31-24)36-21-8-6-7-17(14-33(3)4)18(21)15-34/h6-12,15H,13-14H2,1-5H3,(H,29,30,31). The molecule has 192 valence electrons. The molecule has 0 aliphatic rings. The smallest absolute Gasteiger partial charge is 0.423 e. The Kier molecular flexibility index (Phi) is 8.49. The second-order valence-corrected chi connectivity index (χ2v) is 8.59. The Bertz CT molecular complexity index is 1220. The van der Waals surface area contributed by atoms with Crippen LogP contribution in [0.1, 0.15) is 27.0 Å². The van der Waals surface area contributed by atoms with Crippen LogP contribution in [-0.2, 0) is 19.3 Å². The summed E-state index contributed by atoms with van der Waals surface area (Å²) >= 11 is 0. The minimum Gasteiger partial charge on any atom is -0.495 e. The van der Waals surface area contributed by atoms with Crippen molar-refractivity contribution in [3.05, 3.63) is 64.8 Å². The van der Waals surface area contributed by atoms with E-state index in [2.05, 4.69) is 15.3 Å². The highest BCUT2D eigenvalue weighted by atomic mass is 19.4. The van der Waals surface area contributed by atoms with Crippen LogP contribution in [0.4, 0.5) is 24.8 Å². The molecule has 11 heteroatoms. The van der Waals surface area contributed by atoms with Crippen molar-refractivity contribution in [3.8, 4) is 17.4 Å². The minimum absolute atomic E-state index is 0.0369. The number of anilines is 2. The van der Waals surface area contributed by atoms with E-state index in [9.17, 15) is 18.0 Å². The maximum Gasteiger partial charge on any atom is 0.423 e. The third-order valence-corrected chi connectivity index (χ3v) is 5.04. The first-order valence-corrected chi connectivity index (χ1v) is 10.9. The fourth-order valence-corrected chi connectivity index (χ4v) is 3.52. The first-order chi connectivity index (χ1) is 17.0. The molecule has 0 bridgehead atoms. The second-order valence-electron chi connectivity index (χ2n) is 8.59. The largest absolute Gasteiger partial charge is 0.495 e. The highest BCUT2D eigenvalue weighted by Gasteiger charge is 2.37. The highest BCUT2D eigenvalue weighted by Crippen LogP contribution is 2.38. The molecule has 1 N–H and O–H groups in total. The van der Waals surface area contributed by atoms with Crippen LogP contribution >= 0.6 is 0 Å². The van der Waals surface area contributed by atoms with Gasteiger partial charge in [-0.05, 0) is 57.5 Å². The Balaban J connectivity index is 2.00. The van der Waals surface area contributed by atoms with E-state index in [1.54, 1.807) is 18.2 Å². The lowest BCUT2D eigenvalue weighted by molar-refractivity contribution is -0.139. The van der Waals surface area contributed by atoms with Crippen molar-refractivity contribution in [1.82, 2.24) is 19.8 Å². The molecule has 0 atom stereocenters. The van der Waals surface area contributed by atoms with Gasteiger partial charge in [0.25, 0.3) is 0 Å². The van der Waals surface area contributed by atoms with Crippen molar-refractivity contribution < 1.29 is 27.4 Å². The van der Waals surface area contributed by atoms with Crippen LogP contribution < -0.4 is 14.8 Å². The van der Waals surface area contributed by atoms with E-state index in [1.807, 2.05) is 50.1 Å². The number of hydrogen-bond donors (Lipinski definition) is 1. The van der Waals surface area contributed by atoms with E-state index in [0.29, 0.717) is 42.6 Å². The third kappa shape index (κ3) is 6.70. The molecule has 3 rings (SSSR count). The topological polar surface area (TPSA) is 79.8 Å². The Hall–Kier alpha value is -3.70. The number of hydrogen-bond acceptors (Lipinski definition) is 8. The fraction of sp³-hybridized carbons (Fsp3) is 0.320. The summed E-state index contributed by atoms with van der Waals surface area (Å²) in [4.78, 5) is 23.4.